The Kier molecular flexibility index (Phi) is 5.34. The van der Waals surface area contributed by atoms with Gasteiger partial charge in [-0.05, 0) is 12.1 Å². The topological polar surface area (TPSA) is 29.3 Å². The third-order valence-electron chi connectivity index (χ3n) is 1.72. The van der Waals surface area contributed by atoms with Crippen LogP contribution in [0.4, 0.5) is 5.69 Å². The zero-order valence-corrected chi connectivity index (χ0v) is 12.1. The van der Waals surface area contributed by atoms with E-state index < -0.39 is 0 Å². The molecule has 0 aliphatic rings. The highest BCUT2D eigenvalue weighted by molar-refractivity contribution is 8.23. The molecular formula is C10H12Cl2N2S2. The first-order valence-electron chi connectivity index (χ1n) is 4.63. The smallest absolute Gasteiger partial charge is 0.155 e. The van der Waals surface area contributed by atoms with Crippen molar-refractivity contribution in [3.8, 4) is 0 Å². The second kappa shape index (κ2) is 6.07. The average molecular weight is 295 g/mol. The summed E-state index contributed by atoms with van der Waals surface area (Å²) < 4.78 is 0.569. The van der Waals surface area contributed by atoms with E-state index in [4.69, 9.17) is 41.3 Å². The number of nitrogens with two attached hydrogens (primary N) is 1. The minimum absolute atomic E-state index is 0.372. The maximum Gasteiger partial charge on any atom is 0.155 e. The minimum atomic E-state index is 0.372. The summed E-state index contributed by atoms with van der Waals surface area (Å²) in [4.78, 5) is 0. The minimum Gasteiger partial charge on any atom is -0.262 e. The number of rotatable bonds is 2. The van der Waals surface area contributed by atoms with E-state index in [1.807, 2.05) is 13.8 Å². The first-order valence-corrected chi connectivity index (χ1v) is 6.67. The number of thioether (sulfide) groups is 1. The lowest BCUT2D eigenvalue weighted by atomic mass is 10.3. The molecule has 16 heavy (non-hydrogen) atoms. The number of hydrazine groups is 1. The molecule has 88 valence electrons. The number of benzene rings is 1. The number of thiocarbonyl (C=S) groups is 1. The van der Waals surface area contributed by atoms with Crippen LogP contribution in [0.15, 0.2) is 18.2 Å². The summed E-state index contributed by atoms with van der Waals surface area (Å²) in [6.45, 7) is 4.09. The molecule has 0 heterocycles. The molecule has 0 saturated heterocycles. The van der Waals surface area contributed by atoms with Crippen molar-refractivity contribution >= 4 is 57.2 Å². The van der Waals surface area contributed by atoms with Crippen molar-refractivity contribution < 1.29 is 0 Å². The van der Waals surface area contributed by atoms with Gasteiger partial charge < -0.3 is 0 Å². The highest BCUT2D eigenvalue weighted by Gasteiger charge is 2.14. The fourth-order valence-corrected chi connectivity index (χ4v) is 2.71. The van der Waals surface area contributed by atoms with Crippen LogP contribution in [0.3, 0.4) is 0 Å². The first kappa shape index (κ1) is 14.1. The van der Waals surface area contributed by atoms with Crippen LogP contribution in [0.2, 0.25) is 10.0 Å². The highest BCUT2D eigenvalue weighted by atomic mass is 35.5. The number of hydrogen-bond acceptors (Lipinski definition) is 3. The molecule has 0 bridgehead atoms. The summed E-state index contributed by atoms with van der Waals surface area (Å²) in [5, 5.41) is 2.63. The molecule has 0 atom stereocenters. The molecule has 2 N–H and O–H groups in total. The largest absolute Gasteiger partial charge is 0.262 e. The fourth-order valence-electron chi connectivity index (χ4n) is 1.04. The first-order chi connectivity index (χ1) is 7.43. The summed E-state index contributed by atoms with van der Waals surface area (Å²) in [6.07, 6.45) is 0. The van der Waals surface area contributed by atoms with Gasteiger partial charge in [0.1, 0.15) is 0 Å². The van der Waals surface area contributed by atoms with Gasteiger partial charge in [-0.3, -0.25) is 5.01 Å². The Bertz CT molecular complexity index is 396. The van der Waals surface area contributed by atoms with E-state index >= 15 is 0 Å². The quantitative estimate of drug-likeness (QED) is 0.505. The number of hydrogen-bond donors (Lipinski definition) is 1. The van der Waals surface area contributed by atoms with Crippen molar-refractivity contribution in [3.05, 3.63) is 28.2 Å². The van der Waals surface area contributed by atoms with E-state index in [2.05, 4.69) is 0 Å². The zero-order chi connectivity index (χ0) is 12.3. The number of anilines is 1. The Labute approximate surface area is 115 Å². The number of nitrogens with zero attached hydrogens (tertiary/aromatic N) is 1. The molecular weight excluding hydrogens is 283 g/mol. The molecule has 0 spiro atoms. The average Bonchev–Trinajstić information content (AvgIpc) is 2.20. The SMILES string of the molecule is CC(C)SC(=S)N(N)c1cccc(Cl)c1Cl. The van der Waals surface area contributed by atoms with Gasteiger partial charge in [-0.25, -0.2) is 5.84 Å². The molecule has 0 aromatic heterocycles. The van der Waals surface area contributed by atoms with Crippen molar-refractivity contribution in [3.63, 3.8) is 0 Å². The van der Waals surface area contributed by atoms with Crippen molar-refractivity contribution in [2.75, 3.05) is 5.01 Å². The van der Waals surface area contributed by atoms with E-state index in [1.165, 1.54) is 16.8 Å². The van der Waals surface area contributed by atoms with Crippen LogP contribution in [-0.4, -0.2) is 9.57 Å². The van der Waals surface area contributed by atoms with Gasteiger partial charge in [0.15, 0.2) is 4.32 Å². The third kappa shape index (κ3) is 3.50. The van der Waals surface area contributed by atoms with Crippen LogP contribution < -0.4 is 10.9 Å². The van der Waals surface area contributed by atoms with E-state index in [1.54, 1.807) is 18.2 Å². The van der Waals surface area contributed by atoms with Gasteiger partial charge in [0, 0.05) is 5.25 Å². The van der Waals surface area contributed by atoms with Crippen LogP contribution in [0.1, 0.15) is 13.8 Å². The van der Waals surface area contributed by atoms with E-state index in [9.17, 15) is 0 Å². The summed E-state index contributed by atoms with van der Waals surface area (Å²) in [6, 6.07) is 5.27. The van der Waals surface area contributed by atoms with Crippen LogP contribution in [0.25, 0.3) is 0 Å². The highest BCUT2D eigenvalue weighted by Crippen LogP contribution is 2.32. The molecule has 1 aromatic carbocycles. The molecule has 0 unspecified atom stereocenters. The van der Waals surface area contributed by atoms with Crippen LogP contribution in [0, 0.1) is 0 Å². The molecule has 1 aromatic rings. The van der Waals surface area contributed by atoms with Crippen molar-refractivity contribution in [2.24, 2.45) is 5.84 Å². The molecule has 2 nitrogen and oxygen atoms in total. The Morgan fingerprint density at radius 1 is 1.44 bits per heavy atom. The van der Waals surface area contributed by atoms with Crippen molar-refractivity contribution in [1.82, 2.24) is 0 Å². The lowest BCUT2D eigenvalue weighted by Gasteiger charge is -2.21. The van der Waals surface area contributed by atoms with Gasteiger partial charge in [-0.1, -0.05) is 67.1 Å². The second-order valence-electron chi connectivity index (χ2n) is 3.38. The normalized spacial score (nSPS) is 10.6. The van der Waals surface area contributed by atoms with Crippen molar-refractivity contribution in [1.29, 1.82) is 0 Å². The molecule has 6 heteroatoms. The molecule has 1 rings (SSSR count). The summed E-state index contributed by atoms with van der Waals surface area (Å²) >= 11 is 18.7. The Balaban J connectivity index is 2.92. The van der Waals surface area contributed by atoms with Crippen LogP contribution in [0.5, 0.6) is 0 Å². The van der Waals surface area contributed by atoms with Gasteiger partial charge in [0.2, 0.25) is 0 Å². The summed E-state index contributed by atoms with van der Waals surface area (Å²) in [7, 11) is 0. The van der Waals surface area contributed by atoms with Gasteiger partial charge in [0.25, 0.3) is 0 Å². The lowest BCUT2D eigenvalue weighted by molar-refractivity contribution is 1.11. The molecule has 0 aliphatic heterocycles. The Hall–Kier alpha value is -0.000000000000000111. The summed E-state index contributed by atoms with van der Waals surface area (Å²) in [5.41, 5.74) is 0.618. The predicted molar refractivity (Wildman–Crippen MR) is 78.5 cm³/mol. The Morgan fingerprint density at radius 2 is 2.06 bits per heavy atom. The predicted octanol–water partition coefficient (Wildman–Crippen LogP) is 4.10. The van der Waals surface area contributed by atoms with E-state index in [0.717, 1.165) is 0 Å². The van der Waals surface area contributed by atoms with E-state index in [-0.39, 0.29) is 0 Å². The summed E-state index contributed by atoms with van der Waals surface area (Å²) in [5.74, 6) is 5.88. The maximum atomic E-state index is 6.05. The number of halogens is 2. The molecule has 0 radical (unpaired) electrons. The fraction of sp³-hybridized carbons (Fsp3) is 0.300. The third-order valence-corrected chi connectivity index (χ3v) is 3.89. The zero-order valence-electron chi connectivity index (χ0n) is 8.91. The standard InChI is InChI=1S/C10H12Cl2N2S2/c1-6(2)16-10(15)14(13)8-5-3-4-7(11)9(8)12/h3-6H,13H2,1-2H3. The van der Waals surface area contributed by atoms with Gasteiger partial charge in [-0.15, -0.1) is 0 Å². The van der Waals surface area contributed by atoms with Crippen LogP contribution in [-0.2, 0) is 0 Å². The maximum absolute atomic E-state index is 6.05. The monoisotopic (exact) mass is 294 g/mol. The molecule has 0 fully saturated rings. The second-order valence-corrected chi connectivity index (χ2v) is 6.37. The molecule has 0 aliphatic carbocycles. The lowest BCUT2D eigenvalue weighted by Crippen LogP contribution is -2.35. The Morgan fingerprint density at radius 3 is 2.62 bits per heavy atom. The van der Waals surface area contributed by atoms with Crippen molar-refractivity contribution in [2.45, 2.75) is 19.1 Å². The van der Waals surface area contributed by atoms with Gasteiger partial charge >= 0.3 is 0 Å². The van der Waals surface area contributed by atoms with Crippen LogP contribution >= 0.6 is 47.2 Å². The van der Waals surface area contributed by atoms with E-state index in [0.29, 0.717) is 25.3 Å². The van der Waals surface area contributed by atoms with Gasteiger partial charge in [-0.2, -0.15) is 0 Å². The molecule has 0 saturated carbocycles. The molecule has 0 amide bonds. The van der Waals surface area contributed by atoms with Gasteiger partial charge in [0.05, 0.1) is 15.7 Å².